The predicted molar refractivity (Wildman–Crippen MR) is 120 cm³/mol. The molecule has 1 fully saturated rings. The minimum Gasteiger partial charge on any atom is -0.366 e. The van der Waals surface area contributed by atoms with Crippen LogP contribution in [0.3, 0.4) is 0 Å². The summed E-state index contributed by atoms with van der Waals surface area (Å²) in [4.78, 5) is 40.5. The lowest BCUT2D eigenvalue weighted by Crippen LogP contribution is -2.43. The van der Waals surface area contributed by atoms with E-state index < -0.39 is 41.3 Å². The summed E-state index contributed by atoms with van der Waals surface area (Å²) in [6.45, 7) is 0. The van der Waals surface area contributed by atoms with E-state index in [2.05, 4.69) is 15.6 Å². The lowest BCUT2D eigenvalue weighted by Gasteiger charge is -2.23. The van der Waals surface area contributed by atoms with Crippen LogP contribution in [0.15, 0.2) is 54.7 Å². The Morgan fingerprint density at radius 1 is 1.11 bits per heavy atom. The van der Waals surface area contributed by atoms with Crippen LogP contribution in [0.25, 0.3) is 11.1 Å². The van der Waals surface area contributed by atoms with Crippen LogP contribution in [0, 0.1) is 17.5 Å². The van der Waals surface area contributed by atoms with Gasteiger partial charge in [0.15, 0.2) is 0 Å². The molecule has 2 heterocycles. The van der Waals surface area contributed by atoms with Crippen molar-refractivity contribution in [2.45, 2.75) is 31.3 Å². The van der Waals surface area contributed by atoms with Crippen molar-refractivity contribution in [2.75, 3.05) is 0 Å². The largest absolute Gasteiger partial charge is 0.366 e. The van der Waals surface area contributed by atoms with Crippen LogP contribution >= 0.6 is 0 Å². The van der Waals surface area contributed by atoms with Crippen molar-refractivity contribution in [3.8, 4) is 11.1 Å². The van der Waals surface area contributed by atoms with E-state index in [1.54, 1.807) is 12.1 Å². The van der Waals surface area contributed by atoms with Gasteiger partial charge in [-0.25, -0.2) is 13.2 Å². The van der Waals surface area contributed by atoms with E-state index in [4.69, 9.17) is 5.73 Å². The number of rotatable bonds is 7. The van der Waals surface area contributed by atoms with E-state index in [9.17, 15) is 27.6 Å². The highest BCUT2D eigenvalue weighted by atomic mass is 19.1. The molecule has 0 spiro atoms. The van der Waals surface area contributed by atoms with Crippen LogP contribution in [0.4, 0.5) is 13.2 Å². The molecule has 180 valence electrons. The van der Waals surface area contributed by atoms with Gasteiger partial charge < -0.3 is 16.4 Å². The Kier molecular flexibility index (Phi) is 6.81. The molecule has 4 N–H and O–H groups in total. The van der Waals surface area contributed by atoms with Crippen LogP contribution in [-0.4, -0.2) is 28.7 Å². The molecule has 0 bridgehead atoms. The number of hydrogen-bond acceptors (Lipinski definition) is 4. The standard InChI is InChI=1S/C25H21F3N4O3/c26-15-8-13(9-16(27)12-15)10-21(32-25(35)20-5-6-22(33)31-20)23-17(2-1-7-30-23)14-3-4-19(28)18(11-14)24(29)34/h1-4,7-9,11-12,20-21H,5-6,10H2,(H2,29,34)(H,31,33)(H,32,35)/t20-,21?/m1/s1. The molecule has 1 saturated heterocycles. The summed E-state index contributed by atoms with van der Waals surface area (Å²) in [5.74, 6) is -4.03. The molecule has 7 nitrogen and oxygen atoms in total. The highest BCUT2D eigenvalue weighted by molar-refractivity contribution is 5.94. The maximum absolute atomic E-state index is 14.1. The highest BCUT2D eigenvalue weighted by Gasteiger charge is 2.30. The van der Waals surface area contributed by atoms with E-state index in [0.717, 1.165) is 24.3 Å². The number of aromatic nitrogens is 1. The van der Waals surface area contributed by atoms with Gasteiger partial charge in [0.05, 0.1) is 17.3 Å². The lowest BCUT2D eigenvalue weighted by atomic mass is 9.94. The molecule has 0 saturated carbocycles. The van der Waals surface area contributed by atoms with Crippen molar-refractivity contribution in [1.82, 2.24) is 15.6 Å². The van der Waals surface area contributed by atoms with Crippen molar-refractivity contribution in [2.24, 2.45) is 5.73 Å². The second kappa shape index (κ2) is 9.96. The van der Waals surface area contributed by atoms with Crippen molar-refractivity contribution < 1.29 is 27.6 Å². The number of nitrogens with one attached hydrogen (secondary N) is 2. The first-order valence-corrected chi connectivity index (χ1v) is 10.8. The number of benzene rings is 2. The number of pyridine rings is 1. The smallest absolute Gasteiger partial charge is 0.251 e. The molecule has 35 heavy (non-hydrogen) atoms. The summed E-state index contributed by atoms with van der Waals surface area (Å²) < 4.78 is 41.8. The molecule has 1 aliphatic heterocycles. The average Bonchev–Trinajstić information content (AvgIpc) is 3.24. The van der Waals surface area contributed by atoms with Crippen molar-refractivity contribution in [3.05, 3.63) is 89.0 Å². The Hall–Kier alpha value is -4.21. The summed E-state index contributed by atoms with van der Waals surface area (Å²) in [6, 6.07) is 8.46. The Morgan fingerprint density at radius 3 is 2.51 bits per heavy atom. The molecule has 1 aromatic heterocycles. The fraction of sp³-hybridized carbons (Fsp3) is 0.200. The zero-order chi connectivity index (χ0) is 25.1. The predicted octanol–water partition coefficient (Wildman–Crippen LogP) is 2.94. The number of carbonyl (C=O) groups excluding carboxylic acids is 3. The molecule has 4 rings (SSSR count). The fourth-order valence-corrected chi connectivity index (χ4v) is 4.08. The van der Waals surface area contributed by atoms with Gasteiger partial charge in [0.1, 0.15) is 23.5 Å². The van der Waals surface area contributed by atoms with Gasteiger partial charge in [0.2, 0.25) is 11.8 Å². The molecule has 2 atom stereocenters. The monoisotopic (exact) mass is 482 g/mol. The Balaban J connectivity index is 1.76. The van der Waals surface area contributed by atoms with Gasteiger partial charge >= 0.3 is 0 Å². The van der Waals surface area contributed by atoms with Gasteiger partial charge in [-0.05, 0) is 54.3 Å². The van der Waals surface area contributed by atoms with Gasteiger partial charge in [-0.15, -0.1) is 0 Å². The van der Waals surface area contributed by atoms with E-state index in [-0.39, 0.29) is 29.9 Å². The van der Waals surface area contributed by atoms with Crippen molar-refractivity contribution in [1.29, 1.82) is 0 Å². The number of nitrogens with zero attached hydrogens (tertiary/aromatic N) is 1. The third-order valence-corrected chi connectivity index (χ3v) is 5.70. The number of amides is 3. The van der Waals surface area contributed by atoms with Crippen molar-refractivity contribution in [3.63, 3.8) is 0 Å². The second-order valence-corrected chi connectivity index (χ2v) is 8.20. The van der Waals surface area contributed by atoms with Gasteiger partial charge in [-0.3, -0.25) is 19.4 Å². The summed E-state index contributed by atoms with van der Waals surface area (Å²) in [7, 11) is 0. The van der Waals surface area contributed by atoms with E-state index in [0.29, 0.717) is 23.2 Å². The molecule has 3 amide bonds. The zero-order valence-corrected chi connectivity index (χ0v) is 18.4. The van der Waals surface area contributed by atoms with Crippen LogP contribution in [0.2, 0.25) is 0 Å². The Labute approximate surface area is 198 Å². The molecule has 1 unspecified atom stereocenters. The van der Waals surface area contributed by atoms with E-state index in [1.807, 2.05) is 0 Å². The topological polar surface area (TPSA) is 114 Å². The molecular weight excluding hydrogens is 461 g/mol. The van der Waals surface area contributed by atoms with Crippen molar-refractivity contribution >= 4 is 17.7 Å². The minimum atomic E-state index is -0.952. The summed E-state index contributed by atoms with van der Waals surface area (Å²) in [6.07, 6.45) is 1.95. The summed E-state index contributed by atoms with van der Waals surface area (Å²) >= 11 is 0. The van der Waals surface area contributed by atoms with Crippen LogP contribution < -0.4 is 16.4 Å². The average molecular weight is 482 g/mol. The van der Waals surface area contributed by atoms with E-state index >= 15 is 0 Å². The first-order chi connectivity index (χ1) is 16.7. The maximum Gasteiger partial charge on any atom is 0.251 e. The molecule has 2 aromatic carbocycles. The van der Waals surface area contributed by atoms with E-state index in [1.165, 1.54) is 18.3 Å². The quantitative estimate of drug-likeness (QED) is 0.480. The third-order valence-electron chi connectivity index (χ3n) is 5.70. The van der Waals surface area contributed by atoms with Gasteiger partial charge in [0.25, 0.3) is 5.91 Å². The van der Waals surface area contributed by atoms with Crippen LogP contribution in [-0.2, 0) is 16.0 Å². The molecular formula is C25H21F3N4O3. The fourth-order valence-electron chi connectivity index (χ4n) is 4.08. The molecule has 1 aliphatic rings. The second-order valence-electron chi connectivity index (χ2n) is 8.20. The molecule has 0 radical (unpaired) electrons. The number of primary amides is 1. The van der Waals surface area contributed by atoms with Gasteiger partial charge in [0, 0.05) is 24.2 Å². The normalized spacial score (nSPS) is 16.0. The first kappa shape index (κ1) is 23.9. The number of halogens is 3. The molecule has 10 heteroatoms. The summed E-state index contributed by atoms with van der Waals surface area (Å²) in [5.41, 5.74) is 6.39. The number of nitrogens with two attached hydrogens (primary N) is 1. The van der Waals surface area contributed by atoms with Gasteiger partial charge in [-0.2, -0.15) is 0 Å². The SMILES string of the molecule is NC(=O)c1cc(-c2cccnc2C(Cc2cc(F)cc(F)c2)NC(=O)[C@H]2CCC(=O)N2)ccc1F. The Bertz CT molecular complexity index is 1290. The maximum atomic E-state index is 14.1. The first-order valence-electron chi connectivity index (χ1n) is 10.8. The van der Waals surface area contributed by atoms with Crippen LogP contribution in [0.1, 0.15) is 40.5 Å². The third kappa shape index (κ3) is 5.48. The number of carbonyl (C=O) groups is 3. The summed E-state index contributed by atoms with van der Waals surface area (Å²) in [5, 5.41) is 5.40. The minimum absolute atomic E-state index is 0.0328. The Morgan fingerprint density at radius 2 is 1.86 bits per heavy atom. The highest BCUT2D eigenvalue weighted by Crippen LogP contribution is 2.30. The number of hydrogen-bond donors (Lipinski definition) is 3. The zero-order valence-electron chi connectivity index (χ0n) is 18.4. The van der Waals surface area contributed by atoms with Gasteiger partial charge in [-0.1, -0.05) is 12.1 Å². The molecule has 3 aromatic rings. The molecule has 0 aliphatic carbocycles. The lowest BCUT2D eigenvalue weighted by molar-refractivity contribution is -0.126. The van der Waals surface area contributed by atoms with Crippen LogP contribution in [0.5, 0.6) is 0 Å².